The smallest absolute Gasteiger partial charge is 0.204 e. The predicted molar refractivity (Wildman–Crippen MR) is 104 cm³/mol. The van der Waals surface area contributed by atoms with Gasteiger partial charge in [0.2, 0.25) is 5.75 Å². The van der Waals surface area contributed by atoms with E-state index >= 15 is 0 Å². The van der Waals surface area contributed by atoms with E-state index < -0.39 is 0 Å². The van der Waals surface area contributed by atoms with Gasteiger partial charge in [0, 0.05) is 28.5 Å². The second kappa shape index (κ2) is 7.35. The second-order valence-corrected chi connectivity index (χ2v) is 6.73. The highest BCUT2D eigenvalue weighted by atomic mass is 16.5. The van der Waals surface area contributed by atoms with E-state index in [0.717, 1.165) is 45.4 Å². The first-order valence-electron chi connectivity index (χ1n) is 8.99. The zero-order valence-corrected chi connectivity index (χ0v) is 17.3. The molecule has 6 heteroatoms. The summed E-state index contributed by atoms with van der Waals surface area (Å²) in [5.74, 6) is 3.23. The van der Waals surface area contributed by atoms with Crippen LogP contribution >= 0.6 is 0 Å². The van der Waals surface area contributed by atoms with E-state index in [1.807, 2.05) is 13.8 Å². The molecule has 0 unspecified atom stereocenters. The maximum Gasteiger partial charge on any atom is 0.204 e. The zero-order valence-electron chi connectivity index (χ0n) is 17.3. The lowest BCUT2D eigenvalue weighted by atomic mass is 9.87. The van der Waals surface area contributed by atoms with Crippen molar-refractivity contribution in [2.45, 2.75) is 39.4 Å². The standard InChI is InChI=1S/C21H28O6/c1-10-9-13-15(12(3)27-10)19(24-6)16-14(18(13)23-5)11(2)17(22-4)21(26-8)20(16)25-7/h10,12H,9H2,1-8H3/t10-,12+/m0/s1. The number of hydrogen-bond donors (Lipinski definition) is 0. The third-order valence-corrected chi connectivity index (χ3v) is 5.26. The molecular formula is C21H28O6. The second-order valence-electron chi connectivity index (χ2n) is 6.73. The SMILES string of the molecule is COc1c(OC)c(OC)c2c(OC)c3c(c(OC)c2c1C)C[C@H](C)O[C@@H]3C. The first-order valence-corrected chi connectivity index (χ1v) is 8.99. The molecule has 0 saturated heterocycles. The average Bonchev–Trinajstić information content (AvgIpc) is 2.65. The van der Waals surface area contributed by atoms with E-state index in [-0.39, 0.29) is 12.2 Å². The molecule has 0 spiro atoms. The summed E-state index contributed by atoms with van der Waals surface area (Å²) in [4.78, 5) is 0. The zero-order chi connectivity index (χ0) is 19.9. The van der Waals surface area contributed by atoms with Gasteiger partial charge in [-0.1, -0.05) is 0 Å². The van der Waals surface area contributed by atoms with Gasteiger partial charge in [0.1, 0.15) is 11.5 Å². The third-order valence-electron chi connectivity index (χ3n) is 5.26. The summed E-state index contributed by atoms with van der Waals surface area (Å²) in [5, 5.41) is 1.71. The number of methoxy groups -OCH3 is 5. The minimum absolute atomic E-state index is 0.0888. The molecule has 1 aliphatic rings. The molecule has 1 heterocycles. The van der Waals surface area contributed by atoms with Crippen LogP contribution in [0.15, 0.2) is 0 Å². The van der Waals surface area contributed by atoms with Crippen LogP contribution in [0.1, 0.15) is 36.6 Å². The molecule has 27 heavy (non-hydrogen) atoms. The van der Waals surface area contributed by atoms with Crippen LogP contribution in [-0.2, 0) is 11.2 Å². The first kappa shape index (κ1) is 19.4. The Morgan fingerprint density at radius 1 is 0.704 bits per heavy atom. The van der Waals surface area contributed by atoms with E-state index in [1.165, 1.54) is 0 Å². The molecule has 6 nitrogen and oxygen atoms in total. The van der Waals surface area contributed by atoms with Crippen LogP contribution in [0.2, 0.25) is 0 Å². The summed E-state index contributed by atoms with van der Waals surface area (Å²) in [6.07, 6.45) is 0.701. The van der Waals surface area contributed by atoms with Crippen LogP contribution in [0.5, 0.6) is 28.7 Å². The van der Waals surface area contributed by atoms with Crippen molar-refractivity contribution >= 4 is 10.8 Å². The van der Waals surface area contributed by atoms with E-state index in [0.29, 0.717) is 17.2 Å². The van der Waals surface area contributed by atoms with Gasteiger partial charge in [0.15, 0.2) is 11.5 Å². The Hall–Kier alpha value is -2.34. The molecule has 2 aromatic rings. The molecule has 0 radical (unpaired) electrons. The van der Waals surface area contributed by atoms with Crippen molar-refractivity contribution in [3.8, 4) is 28.7 Å². The van der Waals surface area contributed by atoms with Gasteiger partial charge in [-0.05, 0) is 20.8 Å². The molecule has 0 bridgehead atoms. The highest BCUT2D eigenvalue weighted by Gasteiger charge is 2.35. The van der Waals surface area contributed by atoms with Gasteiger partial charge in [-0.3, -0.25) is 0 Å². The fourth-order valence-electron chi connectivity index (χ4n) is 4.29. The Bertz CT molecular complexity index is 874. The molecule has 0 amide bonds. The van der Waals surface area contributed by atoms with Crippen molar-refractivity contribution in [3.05, 3.63) is 16.7 Å². The highest BCUT2D eigenvalue weighted by Crippen LogP contribution is 2.56. The molecule has 0 N–H and O–H groups in total. The fourth-order valence-corrected chi connectivity index (χ4v) is 4.29. The van der Waals surface area contributed by atoms with Gasteiger partial charge in [0.05, 0.1) is 53.1 Å². The Labute approximate surface area is 160 Å². The topological polar surface area (TPSA) is 55.4 Å². The summed E-state index contributed by atoms with van der Waals surface area (Å²) < 4.78 is 34.9. The summed E-state index contributed by atoms with van der Waals surface area (Å²) in [6, 6.07) is 0. The quantitative estimate of drug-likeness (QED) is 0.779. The summed E-state index contributed by atoms with van der Waals surface area (Å²) >= 11 is 0. The Morgan fingerprint density at radius 2 is 1.26 bits per heavy atom. The normalized spacial score (nSPS) is 18.8. The van der Waals surface area contributed by atoms with Gasteiger partial charge in [-0.25, -0.2) is 0 Å². The lowest BCUT2D eigenvalue weighted by molar-refractivity contribution is -0.00648. The molecule has 0 fully saturated rings. The Kier molecular flexibility index (Phi) is 5.29. The van der Waals surface area contributed by atoms with Crippen LogP contribution in [0.3, 0.4) is 0 Å². The van der Waals surface area contributed by atoms with Gasteiger partial charge < -0.3 is 28.4 Å². The molecule has 1 aliphatic heterocycles. The van der Waals surface area contributed by atoms with Gasteiger partial charge >= 0.3 is 0 Å². The van der Waals surface area contributed by atoms with Crippen molar-refractivity contribution in [1.82, 2.24) is 0 Å². The maximum atomic E-state index is 6.08. The average molecular weight is 376 g/mol. The van der Waals surface area contributed by atoms with Crippen molar-refractivity contribution in [2.24, 2.45) is 0 Å². The van der Waals surface area contributed by atoms with Gasteiger partial charge in [-0.15, -0.1) is 0 Å². The molecule has 3 rings (SSSR count). The Morgan fingerprint density at radius 3 is 1.78 bits per heavy atom. The largest absolute Gasteiger partial charge is 0.496 e. The van der Waals surface area contributed by atoms with E-state index in [1.54, 1.807) is 35.5 Å². The number of benzene rings is 2. The minimum atomic E-state index is -0.130. The fraction of sp³-hybridized carbons (Fsp3) is 0.524. The van der Waals surface area contributed by atoms with Crippen molar-refractivity contribution < 1.29 is 28.4 Å². The third kappa shape index (κ3) is 2.74. The van der Waals surface area contributed by atoms with Gasteiger partial charge in [0.25, 0.3) is 0 Å². The van der Waals surface area contributed by atoms with Crippen LogP contribution in [0.25, 0.3) is 10.8 Å². The molecular weight excluding hydrogens is 348 g/mol. The summed E-state index contributed by atoms with van der Waals surface area (Å²) in [7, 11) is 8.18. The predicted octanol–water partition coefficient (Wildman–Crippen LogP) is 4.21. The number of ether oxygens (including phenoxy) is 6. The maximum absolute atomic E-state index is 6.08. The number of hydrogen-bond acceptors (Lipinski definition) is 6. The summed E-state index contributed by atoms with van der Waals surface area (Å²) in [6.45, 7) is 6.09. The molecule has 0 saturated carbocycles. The van der Waals surface area contributed by atoms with Crippen LogP contribution < -0.4 is 23.7 Å². The van der Waals surface area contributed by atoms with Crippen molar-refractivity contribution in [3.63, 3.8) is 0 Å². The molecule has 2 aromatic carbocycles. The van der Waals surface area contributed by atoms with E-state index in [2.05, 4.69) is 6.92 Å². The minimum Gasteiger partial charge on any atom is -0.496 e. The molecule has 0 aliphatic carbocycles. The Balaban J connectivity index is 2.62. The lowest BCUT2D eigenvalue weighted by Gasteiger charge is -2.33. The summed E-state index contributed by atoms with van der Waals surface area (Å²) in [5.41, 5.74) is 3.00. The molecule has 0 aromatic heterocycles. The molecule has 2 atom stereocenters. The van der Waals surface area contributed by atoms with Crippen LogP contribution in [0.4, 0.5) is 0 Å². The highest BCUT2D eigenvalue weighted by molar-refractivity contribution is 6.05. The number of rotatable bonds is 5. The van der Waals surface area contributed by atoms with Gasteiger partial charge in [-0.2, -0.15) is 0 Å². The lowest BCUT2D eigenvalue weighted by Crippen LogP contribution is -2.24. The van der Waals surface area contributed by atoms with E-state index in [4.69, 9.17) is 28.4 Å². The van der Waals surface area contributed by atoms with Crippen LogP contribution in [0, 0.1) is 6.92 Å². The first-order chi connectivity index (χ1) is 12.9. The van der Waals surface area contributed by atoms with Crippen LogP contribution in [-0.4, -0.2) is 41.7 Å². The van der Waals surface area contributed by atoms with Crippen molar-refractivity contribution in [2.75, 3.05) is 35.5 Å². The molecule has 148 valence electrons. The monoisotopic (exact) mass is 376 g/mol. The number of fused-ring (bicyclic) bond motifs is 2. The number of aryl methyl sites for hydroxylation is 1. The van der Waals surface area contributed by atoms with Crippen molar-refractivity contribution in [1.29, 1.82) is 0 Å². The van der Waals surface area contributed by atoms with E-state index in [9.17, 15) is 0 Å².